The van der Waals surface area contributed by atoms with E-state index < -0.39 is 0 Å². The first-order chi connectivity index (χ1) is 14.3. The average Bonchev–Trinajstić information content (AvgIpc) is 3.19. The van der Waals surface area contributed by atoms with E-state index in [1.165, 1.54) is 15.3 Å². The van der Waals surface area contributed by atoms with Gasteiger partial charge in [-0.15, -0.1) is 0 Å². The molecule has 1 fully saturated rings. The molecular formula is C23H19ClIN3OS. The van der Waals surface area contributed by atoms with Gasteiger partial charge < -0.3 is 9.88 Å². The summed E-state index contributed by atoms with van der Waals surface area (Å²) in [5, 5.41) is 4.07. The lowest BCUT2D eigenvalue weighted by molar-refractivity contribution is -0.115. The minimum atomic E-state index is -0.141. The van der Waals surface area contributed by atoms with E-state index in [1.807, 2.05) is 31.2 Å². The Morgan fingerprint density at radius 3 is 2.60 bits per heavy atom. The second kappa shape index (κ2) is 8.61. The van der Waals surface area contributed by atoms with Crippen LogP contribution < -0.4 is 5.32 Å². The van der Waals surface area contributed by atoms with E-state index in [4.69, 9.17) is 11.6 Å². The van der Waals surface area contributed by atoms with Crippen LogP contribution in [0.3, 0.4) is 0 Å². The van der Waals surface area contributed by atoms with Gasteiger partial charge in [-0.2, -0.15) is 0 Å². The number of nitrogens with one attached hydrogen (secondary N) is 1. The van der Waals surface area contributed by atoms with Crippen molar-refractivity contribution in [2.24, 2.45) is 4.99 Å². The Bertz CT molecular complexity index is 1210. The summed E-state index contributed by atoms with van der Waals surface area (Å²) < 4.78 is 3.39. The van der Waals surface area contributed by atoms with Crippen molar-refractivity contribution in [2.75, 3.05) is 0 Å². The smallest absolute Gasteiger partial charge is 0.264 e. The number of carbonyl (C=O) groups excluding carboxylic acids is 1. The van der Waals surface area contributed by atoms with E-state index in [0.29, 0.717) is 15.1 Å². The average molecular weight is 548 g/mol. The zero-order valence-electron chi connectivity index (χ0n) is 16.7. The topological polar surface area (TPSA) is 46.4 Å². The molecule has 0 spiro atoms. The molecule has 1 aromatic heterocycles. The zero-order valence-corrected chi connectivity index (χ0v) is 20.4. The highest BCUT2D eigenvalue weighted by molar-refractivity contribution is 14.1. The monoisotopic (exact) mass is 547 g/mol. The van der Waals surface area contributed by atoms with E-state index in [9.17, 15) is 4.79 Å². The van der Waals surface area contributed by atoms with Crippen LogP contribution in [0.1, 0.15) is 22.5 Å². The fraction of sp³-hybridized carbons (Fsp3) is 0.130. The molecule has 1 saturated heterocycles. The first-order valence-corrected chi connectivity index (χ1v) is 11.6. The number of halogens is 2. The van der Waals surface area contributed by atoms with Gasteiger partial charge in [-0.05, 0) is 115 Å². The Kier molecular flexibility index (Phi) is 6.09. The zero-order chi connectivity index (χ0) is 21.4. The molecule has 0 atom stereocenters. The van der Waals surface area contributed by atoms with E-state index in [0.717, 1.165) is 33.9 Å². The van der Waals surface area contributed by atoms with Crippen LogP contribution in [0.2, 0.25) is 5.02 Å². The number of amides is 1. The molecule has 1 amide bonds. The highest BCUT2D eigenvalue weighted by atomic mass is 127. The number of carbonyl (C=O) groups is 1. The third-order valence-corrected chi connectivity index (χ3v) is 6.99. The van der Waals surface area contributed by atoms with Crippen LogP contribution in [-0.2, 0) is 4.79 Å². The Morgan fingerprint density at radius 2 is 1.87 bits per heavy atom. The Balaban J connectivity index is 1.65. The molecule has 30 heavy (non-hydrogen) atoms. The summed E-state index contributed by atoms with van der Waals surface area (Å²) in [6.07, 6.45) is 1.93. The largest absolute Gasteiger partial charge is 0.318 e. The maximum absolute atomic E-state index is 12.5. The van der Waals surface area contributed by atoms with E-state index in [1.54, 1.807) is 0 Å². The van der Waals surface area contributed by atoms with Gasteiger partial charge in [-0.1, -0.05) is 17.7 Å². The number of aromatic nitrogens is 1. The summed E-state index contributed by atoms with van der Waals surface area (Å²) in [7, 11) is 0. The van der Waals surface area contributed by atoms with Crippen LogP contribution >= 0.6 is 46.0 Å². The highest BCUT2D eigenvalue weighted by Crippen LogP contribution is 2.32. The second-order valence-electron chi connectivity index (χ2n) is 7.00. The van der Waals surface area contributed by atoms with Gasteiger partial charge in [0.2, 0.25) is 0 Å². The molecule has 152 valence electrons. The Morgan fingerprint density at radius 1 is 1.13 bits per heavy atom. The number of rotatable bonds is 3. The molecule has 4 nitrogen and oxygen atoms in total. The summed E-state index contributed by atoms with van der Waals surface area (Å²) in [6, 6.07) is 16.1. The first kappa shape index (κ1) is 21.2. The molecule has 4 rings (SSSR count). The highest BCUT2D eigenvalue weighted by Gasteiger charge is 2.25. The van der Waals surface area contributed by atoms with Gasteiger partial charge in [0.05, 0.1) is 10.6 Å². The minimum Gasteiger partial charge on any atom is -0.318 e. The number of hydrogen-bond acceptors (Lipinski definition) is 3. The Labute approximate surface area is 198 Å². The van der Waals surface area contributed by atoms with Crippen LogP contribution in [-0.4, -0.2) is 15.6 Å². The molecule has 0 saturated carbocycles. The predicted octanol–water partition coefficient (Wildman–Crippen LogP) is 6.55. The second-order valence-corrected chi connectivity index (χ2v) is 9.69. The minimum absolute atomic E-state index is 0.141. The molecule has 0 radical (unpaired) electrons. The molecule has 0 unspecified atom stereocenters. The van der Waals surface area contributed by atoms with Gasteiger partial charge in [-0.3, -0.25) is 4.79 Å². The number of aryl methyl sites for hydroxylation is 1. The molecule has 0 aliphatic carbocycles. The van der Waals surface area contributed by atoms with Crippen LogP contribution in [0.25, 0.3) is 11.8 Å². The van der Waals surface area contributed by atoms with E-state index in [2.05, 4.69) is 81.6 Å². The van der Waals surface area contributed by atoms with Gasteiger partial charge >= 0.3 is 0 Å². The standard InChI is InChI=1S/C23H19ClIN3OS/c1-13-11-16(15(3)28(13)18-9-7-17(25)8-10-18)12-21-22(29)27-23(30-21)26-20-6-4-5-19(24)14(20)2/h4-12H,1-3H3,(H,26,27,29)/b21-12-. The third-order valence-electron chi connectivity index (χ3n) is 4.95. The first-order valence-electron chi connectivity index (χ1n) is 9.33. The van der Waals surface area contributed by atoms with Crippen LogP contribution in [0.15, 0.2) is 58.4 Å². The van der Waals surface area contributed by atoms with Gasteiger partial charge in [0, 0.05) is 25.7 Å². The SMILES string of the molecule is Cc1c(Cl)cccc1N=C1NC(=O)/C(=C/c2cc(C)n(-c3ccc(I)cc3)c2C)S1. The molecule has 0 bridgehead atoms. The van der Waals surface area contributed by atoms with Gasteiger partial charge in [-0.25, -0.2) is 4.99 Å². The van der Waals surface area contributed by atoms with Crippen molar-refractivity contribution in [3.05, 3.63) is 84.5 Å². The van der Waals surface area contributed by atoms with Crippen molar-refractivity contribution >= 4 is 68.8 Å². The van der Waals surface area contributed by atoms with Crippen molar-refractivity contribution in [1.29, 1.82) is 0 Å². The molecule has 1 aliphatic heterocycles. The summed E-state index contributed by atoms with van der Waals surface area (Å²) in [6.45, 7) is 6.06. The molecular weight excluding hydrogens is 529 g/mol. The lowest BCUT2D eigenvalue weighted by Crippen LogP contribution is -2.19. The van der Waals surface area contributed by atoms with Crippen molar-refractivity contribution in [2.45, 2.75) is 20.8 Å². The lowest BCUT2D eigenvalue weighted by atomic mass is 10.2. The van der Waals surface area contributed by atoms with Crippen LogP contribution in [0.5, 0.6) is 0 Å². The summed E-state index contributed by atoms with van der Waals surface area (Å²) >= 11 is 9.82. The fourth-order valence-electron chi connectivity index (χ4n) is 3.37. The van der Waals surface area contributed by atoms with Gasteiger partial charge in [0.1, 0.15) is 0 Å². The number of thioether (sulfide) groups is 1. The normalized spacial score (nSPS) is 16.5. The maximum atomic E-state index is 12.5. The van der Waals surface area contributed by atoms with Crippen LogP contribution in [0, 0.1) is 24.3 Å². The number of benzene rings is 2. The lowest BCUT2D eigenvalue weighted by Gasteiger charge is -2.09. The number of aliphatic imine (C=N–C) groups is 1. The van der Waals surface area contributed by atoms with Gasteiger partial charge in [0.25, 0.3) is 5.91 Å². The third kappa shape index (κ3) is 4.22. The molecule has 7 heteroatoms. The van der Waals surface area contributed by atoms with Gasteiger partial charge in [0.15, 0.2) is 5.17 Å². The predicted molar refractivity (Wildman–Crippen MR) is 135 cm³/mol. The van der Waals surface area contributed by atoms with Crippen molar-refractivity contribution in [3.8, 4) is 5.69 Å². The number of amidine groups is 1. The molecule has 2 aromatic carbocycles. The molecule has 3 aromatic rings. The van der Waals surface area contributed by atoms with E-state index in [-0.39, 0.29) is 5.91 Å². The number of hydrogen-bond donors (Lipinski definition) is 1. The van der Waals surface area contributed by atoms with Crippen molar-refractivity contribution in [1.82, 2.24) is 9.88 Å². The summed E-state index contributed by atoms with van der Waals surface area (Å²) in [4.78, 5) is 17.7. The summed E-state index contributed by atoms with van der Waals surface area (Å²) in [5.41, 5.74) is 5.97. The summed E-state index contributed by atoms with van der Waals surface area (Å²) in [5.74, 6) is -0.141. The van der Waals surface area contributed by atoms with Crippen molar-refractivity contribution < 1.29 is 4.79 Å². The Hall–Kier alpha value is -2.03. The van der Waals surface area contributed by atoms with E-state index >= 15 is 0 Å². The molecule has 2 heterocycles. The number of nitrogens with zero attached hydrogens (tertiary/aromatic N) is 2. The quantitative estimate of drug-likeness (QED) is 0.298. The fourth-order valence-corrected chi connectivity index (χ4v) is 4.72. The molecule has 1 N–H and O–H groups in total. The molecule has 1 aliphatic rings. The maximum Gasteiger partial charge on any atom is 0.264 e. The van der Waals surface area contributed by atoms with Crippen molar-refractivity contribution in [3.63, 3.8) is 0 Å². The van der Waals surface area contributed by atoms with Crippen LogP contribution in [0.4, 0.5) is 5.69 Å².